The van der Waals surface area contributed by atoms with Crippen LogP contribution < -0.4 is 0 Å². The minimum Gasteiger partial charge on any atom is -0.480 e. The summed E-state index contributed by atoms with van der Waals surface area (Å²) in [5.74, 6) is -1.50. The molecule has 0 radical (unpaired) electrons. The third-order valence-electron chi connectivity index (χ3n) is 2.57. The predicted octanol–water partition coefficient (Wildman–Crippen LogP) is -1.13. The third-order valence-corrected chi connectivity index (χ3v) is 4.37. The maximum atomic E-state index is 11.8. The lowest BCUT2D eigenvalue weighted by Gasteiger charge is -2.20. The van der Waals surface area contributed by atoms with E-state index in [1.807, 2.05) is 0 Å². The molecule has 1 saturated heterocycles. The normalized spacial score (nSPS) is 26.2. The highest BCUT2D eigenvalue weighted by Crippen LogP contribution is 2.22. The monoisotopic (exact) mass is 267 g/mol. The van der Waals surface area contributed by atoms with Gasteiger partial charge in [0, 0.05) is 19.6 Å². The van der Waals surface area contributed by atoms with E-state index in [9.17, 15) is 18.3 Å². The molecular weight excluding hydrogens is 250 g/mol. The van der Waals surface area contributed by atoms with E-state index in [1.54, 1.807) is 6.92 Å². The van der Waals surface area contributed by atoms with E-state index in [0.29, 0.717) is 6.61 Å². The first-order valence-electron chi connectivity index (χ1n) is 5.36. The number of hydrogen-bond donors (Lipinski definition) is 2. The van der Waals surface area contributed by atoms with Gasteiger partial charge in [0.1, 0.15) is 6.04 Å². The van der Waals surface area contributed by atoms with Crippen molar-refractivity contribution in [2.75, 3.05) is 25.5 Å². The van der Waals surface area contributed by atoms with Gasteiger partial charge < -0.3 is 14.9 Å². The van der Waals surface area contributed by atoms with Crippen molar-refractivity contribution >= 4 is 16.0 Å². The molecule has 1 fully saturated rings. The van der Waals surface area contributed by atoms with Gasteiger partial charge in [-0.2, -0.15) is 4.31 Å². The van der Waals surface area contributed by atoms with Gasteiger partial charge in [-0.1, -0.05) is 0 Å². The highest BCUT2D eigenvalue weighted by atomic mass is 32.2. The number of ether oxygens (including phenoxy) is 1. The first-order valence-corrected chi connectivity index (χ1v) is 6.97. The number of nitrogens with zero attached hydrogens (tertiary/aromatic N) is 1. The first kappa shape index (κ1) is 14.4. The van der Waals surface area contributed by atoms with Gasteiger partial charge in [0.15, 0.2) is 0 Å². The number of aliphatic hydroxyl groups excluding tert-OH is 1. The molecule has 0 aromatic carbocycles. The van der Waals surface area contributed by atoms with Crippen molar-refractivity contribution in [1.29, 1.82) is 0 Å². The SMILES string of the molecule is CCOCCS(=O)(=O)N1CC(O)C[C@H]1C(=O)O. The summed E-state index contributed by atoms with van der Waals surface area (Å²) < 4.78 is 29.5. The molecule has 1 heterocycles. The number of β-amino-alcohol motifs (C(OH)–C–C–N with tert-alkyl or cyclic N) is 1. The minimum atomic E-state index is -3.69. The fourth-order valence-corrected chi connectivity index (χ4v) is 3.27. The highest BCUT2D eigenvalue weighted by molar-refractivity contribution is 7.89. The van der Waals surface area contributed by atoms with Crippen LogP contribution in [0.2, 0.25) is 0 Å². The Balaban J connectivity index is 2.72. The molecule has 1 rings (SSSR count). The number of rotatable bonds is 6. The Labute approximate surface area is 100 Å². The number of carboxylic acid groups (broad SMARTS) is 1. The zero-order valence-electron chi connectivity index (χ0n) is 9.57. The van der Waals surface area contributed by atoms with Crippen molar-refractivity contribution in [3.8, 4) is 0 Å². The second kappa shape index (κ2) is 5.76. The summed E-state index contributed by atoms with van der Waals surface area (Å²) >= 11 is 0. The van der Waals surface area contributed by atoms with Crippen LogP contribution in [-0.2, 0) is 19.6 Å². The maximum absolute atomic E-state index is 11.8. The summed E-state index contributed by atoms with van der Waals surface area (Å²) in [5.41, 5.74) is 0. The van der Waals surface area contributed by atoms with Crippen LogP contribution in [0.1, 0.15) is 13.3 Å². The number of aliphatic carboxylic acids is 1. The number of aliphatic hydroxyl groups is 1. The second-order valence-electron chi connectivity index (χ2n) is 3.83. The van der Waals surface area contributed by atoms with Crippen LogP contribution >= 0.6 is 0 Å². The number of sulfonamides is 1. The van der Waals surface area contributed by atoms with Crippen LogP contribution in [-0.4, -0.2) is 66.6 Å². The van der Waals surface area contributed by atoms with E-state index in [2.05, 4.69) is 0 Å². The van der Waals surface area contributed by atoms with Crippen molar-refractivity contribution < 1.29 is 28.2 Å². The quantitative estimate of drug-likeness (QED) is 0.590. The van der Waals surface area contributed by atoms with Crippen molar-refractivity contribution in [3.63, 3.8) is 0 Å². The van der Waals surface area contributed by atoms with Gasteiger partial charge in [0.25, 0.3) is 0 Å². The number of carboxylic acids is 1. The average Bonchev–Trinajstić information content (AvgIpc) is 2.61. The fraction of sp³-hybridized carbons (Fsp3) is 0.889. The largest absolute Gasteiger partial charge is 0.480 e. The van der Waals surface area contributed by atoms with Crippen LogP contribution in [0.15, 0.2) is 0 Å². The van der Waals surface area contributed by atoms with Crippen LogP contribution in [0.5, 0.6) is 0 Å². The predicted molar refractivity (Wildman–Crippen MR) is 59.0 cm³/mol. The molecule has 100 valence electrons. The van der Waals surface area contributed by atoms with E-state index in [-0.39, 0.29) is 25.3 Å². The Kier molecular flexibility index (Phi) is 4.87. The maximum Gasteiger partial charge on any atom is 0.322 e. The molecule has 2 atom stereocenters. The standard InChI is InChI=1S/C9H17NO6S/c1-2-16-3-4-17(14,15)10-6-7(11)5-8(10)9(12)13/h7-8,11H,2-6H2,1H3,(H,12,13)/t7?,8-/m0/s1. The van der Waals surface area contributed by atoms with Gasteiger partial charge in [0.2, 0.25) is 10.0 Å². The molecule has 0 aromatic rings. The zero-order chi connectivity index (χ0) is 13.1. The Morgan fingerprint density at radius 2 is 2.18 bits per heavy atom. The van der Waals surface area contributed by atoms with Gasteiger partial charge in [-0.15, -0.1) is 0 Å². The molecule has 0 amide bonds. The molecular formula is C9H17NO6S. The third kappa shape index (κ3) is 3.63. The summed E-state index contributed by atoms with van der Waals surface area (Å²) in [7, 11) is -3.69. The van der Waals surface area contributed by atoms with E-state index in [1.165, 1.54) is 0 Å². The Morgan fingerprint density at radius 3 is 2.71 bits per heavy atom. The summed E-state index contributed by atoms with van der Waals surface area (Å²) in [6, 6.07) is -1.17. The molecule has 0 saturated carbocycles. The van der Waals surface area contributed by atoms with Gasteiger partial charge in [-0.05, 0) is 6.92 Å². The molecule has 2 N–H and O–H groups in total. The van der Waals surface area contributed by atoms with Gasteiger partial charge >= 0.3 is 5.97 Å². The Bertz CT molecular complexity index is 368. The smallest absolute Gasteiger partial charge is 0.322 e. The van der Waals surface area contributed by atoms with Crippen LogP contribution in [0, 0.1) is 0 Å². The molecule has 0 aromatic heterocycles. The summed E-state index contributed by atoms with van der Waals surface area (Å²) in [6.07, 6.45) is -0.985. The molecule has 7 nitrogen and oxygen atoms in total. The Morgan fingerprint density at radius 1 is 1.53 bits per heavy atom. The average molecular weight is 267 g/mol. The van der Waals surface area contributed by atoms with Crippen molar-refractivity contribution in [1.82, 2.24) is 4.31 Å². The molecule has 8 heteroatoms. The molecule has 1 aliphatic heterocycles. The van der Waals surface area contributed by atoms with Crippen molar-refractivity contribution in [3.05, 3.63) is 0 Å². The van der Waals surface area contributed by atoms with E-state index in [0.717, 1.165) is 4.31 Å². The van der Waals surface area contributed by atoms with E-state index >= 15 is 0 Å². The van der Waals surface area contributed by atoms with E-state index in [4.69, 9.17) is 9.84 Å². The summed E-state index contributed by atoms with van der Waals surface area (Å²) in [5, 5.41) is 18.2. The van der Waals surface area contributed by atoms with Gasteiger partial charge in [0.05, 0.1) is 18.5 Å². The lowest BCUT2D eigenvalue weighted by atomic mass is 10.2. The number of carbonyl (C=O) groups is 1. The Hall–Kier alpha value is -0.700. The highest BCUT2D eigenvalue weighted by Gasteiger charge is 2.42. The van der Waals surface area contributed by atoms with Crippen LogP contribution in [0.4, 0.5) is 0 Å². The molecule has 0 spiro atoms. The van der Waals surface area contributed by atoms with E-state index < -0.39 is 28.1 Å². The fourth-order valence-electron chi connectivity index (χ4n) is 1.74. The topological polar surface area (TPSA) is 104 Å². The van der Waals surface area contributed by atoms with Crippen LogP contribution in [0.25, 0.3) is 0 Å². The lowest BCUT2D eigenvalue weighted by molar-refractivity contribution is -0.140. The van der Waals surface area contributed by atoms with Crippen molar-refractivity contribution in [2.24, 2.45) is 0 Å². The lowest BCUT2D eigenvalue weighted by Crippen LogP contribution is -2.42. The second-order valence-corrected chi connectivity index (χ2v) is 5.87. The van der Waals surface area contributed by atoms with Gasteiger partial charge in [-0.25, -0.2) is 8.42 Å². The van der Waals surface area contributed by atoms with Crippen molar-refractivity contribution in [2.45, 2.75) is 25.5 Å². The van der Waals surface area contributed by atoms with Crippen LogP contribution in [0.3, 0.4) is 0 Å². The first-order chi connectivity index (χ1) is 7.88. The summed E-state index contributed by atoms with van der Waals surface area (Å²) in [6.45, 7) is 2.01. The minimum absolute atomic E-state index is 0.0256. The molecule has 0 bridgehead atoms. The zero-order valence-corrected chi connectivity index (χ0v) is 10.4. The number of hydrogen-bond acceptors (Lipinski definition) is 5. The molecule has 1 aliphatic rings. The molecule has 0 aliphatic carbocycles. The van der Waals surface area contributed by atoms with Gasteiger partial charge in [-0.3, -0.25) is 4.79 Å². The summed E-state index contributed by atoms with van der Waals surface area (Å²) in [4.78, 5) is 10.9. The molecule has 17 heavy (non-hydrogen) atoms. The molecule has 1 unspecified atom stereocenters.